The lowest BCUT2D eigenvalue weighted by molar-refractivity contribution is -0.138. The van der Waals surface area contributed by atoms with E-state index >= 15 is 0 Å². The molecule has 0 radical (unpaired) electrons. The second kappa shape index (κ2) is 5.59. The van der Waals surface area contributed by atoms with Gasteiger partial charge in [0.1, 0.15) is 0 Å². The molecule has 16 heavy (non-hydrogen) atoms. The van der Waals surface area contributed by atoms with Crippen LogP contribution in [0.3, 0.4) is 0 Å². The van der Waals surface area contributed by atoms with E-state index in [2.05, 4.69) is 14.9 Å². The van der Waals surface area contributed by atoms with E-state index < -0.39 is 17.4 Å². The monoisotopic (exact) mass is 222 g/mol. The number of ether oxygens (including phenoxy) is 1. The van der Waals surface area contributed by atoms with E-state index in [1.807, 2.05) is 0 Å². The molecule has 1 rings (SSSR count). The first-order valence-corrected chi connectivity index (χ1v) is 4.54. The highest BCUT2D eigenvalue weighted by Gasteiger charge is 2.18. The molecule has 0 fully saturated rings. The standard InChI is InChI=1S/C10H10N2O4/c1-2-16-10(14)8(12-15)9(13)7-3-5-11-6-4-7/h3-6,13H,2H2,1H3. The Balaban J connectivity index is 3.09. The summed E-state index contributed by atoms with van der Waals surface area (Å²) in [5.41, 5.74) is -0.370. The molecule has 0 unspecified atom stereocenters. The number of aromatic nitrogens is 1. The fourth-order valence-electron chi connectivity index (χ4n) is 1.02. The minimum Gasteiger partial charge on any atom is -0.505 e. The number of nitroso groups, excluding NO2 is 1. The van der Waals surface area contributed by atoms with Crippen molar-refractivity contribution in [3.05, 3.63) is 40.7 Å². The van der Waals surface area contributed by atoms with Gasteiger partial charge in [-0.05, 0) is 24.2 Å². The van der Waals surface area contributed by atoms with Crippen LogP contribution in [0, 0.1) is 4.91 Å². The SMILES string of the molecule is CCOC(=O)C(N=O)=C(O)c1ccncc1. The molecule has 0 bridgehead atoms. The molecule has 0 aliphatic rings. The van der Waals surface area contributed by atoms with Crippen LogP contribution in [-0.4, -0.2) is 22.7 Å². The molecule has 1 aromatic heterocycles. The maximum Gasteiger partial charge on any atom is 0.364 e. The van der Waals surface area contributed by atoms with Crippen LogP contribution in [0.5, 0.6) is 0 Å². The maximum atomic E-state index is 11.2. The summed E-state index contributed by atoms with van der Waals surface area (Å²) < 4.78 is 4.57. The second-order valence-electron chi connectivity index (χ2n) is 2.74. The van der Waals surface area contributed by atoms with Gasteiger partial charge < -0.3 is 9.84 Å². The largest absolute Gasteiger partial charge is 0.505 e. The second-order valence-corrected chi connectivity index (χ2v) is 2.74. The van der Waals surface area contributed by atoms with E-state index in [0.29, 0.717) is 0 Å². The van der Waals surface area contributed by atoms with Crippen molar-refractivity contribution < 1.29 is 14.6 Å². The van der Waals surface area contributed by atoms with E-state index in [4.69, 9.17) is 0 Å². The third-order valence-electron chi connectivity index (χ3n) is 1.74. The van der Waals surface area contributed by atoms with Crippen molar-refractivity contribution in [2.75, 3.05) is 6.61 Å². The van der Waals surface area contributed by atoms with Crippen LogP contribution >= 0.6 is 0 Å². The molecule has 1 aromatic rings. The first-order valence-electron chi connectivity index (χ1n) is 4.54. The van der Waals surface area contributed by atoms with Crippen molar-refractivity contribution in [2.24, 2.45) is 5.18 Å². The van der Waals surface area contributed by atoms with Crippen molar-refractivity contribution >= 4 is 11.7 Å². The number of hydrogen-bond donors (Lipinski definition) is 1. The highest BCUT2D eigenvalue weighted by molar-refractivity contribution is 5.95. The third-order valence-corrected chi connectivity index (χ3v) is 1.74. The Morgan fingerprint density at radius 1 is 1.50 bits per heavy atom. The topological polar surface area (TPSA) is 88.8 Å². The fraction of sp³-hybridized carbons (Fsp3) is 0.200. The Hall–Kier alpha value is -2.24. The van der Waals surface area contributed by atoms with Crippen LogP contribution in [0.1, 0.15) is 12.5 Å². The zero-order chi connectivity index (χ0) is 12.0. The van der Waals surface area contributed by atoms with Crippen LogP contribution in [0.15, 0.2) is 35.4 Å². The highest BCUT2D eigenvalue weighted by Crippen LogP contribution is 2.16. The minimum absolute atomic E-state index is 0.0987. The first kappa shape index (κ1) is 11.8. The van der Waals surface area contributed by atoms with Crippen LogP contribution in [0.2, 0.25) is 0 Å². The number of carbonyl (C=O) groups is 1. The summed E-state index contributed by atoms with van der Waals surface area (Å²) in [5, 5.41) is 12.1. The van der Waals surface area contributed by atoms with E-state index in [1.165, 1.54) is 24.5 Å². The molecule has 6 nitrogen and oxygen atoms in total. The van der Waals surface area contributed by atoms with Crippen LogP contribution < -0.4 is 0 Å². The number of aliphatic hydroxyl groups excluding tert-OH is 1. The molecular formula is C10H10N2O4. The smallest absolute Gasteiger partial charge is 0.364 e. The Labute approximate surface area is 91.6 Å². The molecule has 1 heterocycles. The van der Waals surface area contributed by atoms with E-state index in [9.17, 15) is 14.8 Å². The Morgan fingerprint density at radius 2 is 2.12 bits per heavy atom. The number of hydrogen-bond acceptors (Lipinski definition) is 6. The van der Waals surface area contributed by atoms with E-state index in [0.717, 1.165) is 0 Å². The average molecular weight is 222 g/mol. The van der Waals surface area contributed by atoms with Gasteiger partial charge in [0, 0.05) is 18.0 Å². The maximum absolute atomic E-state index is 11.2. The number of esters is 1. The predicted molar refractivity (Wildman–Crippen MR) is 56.2 cm³/mol. The Bertz CT molecular complexity index is 414. The van der Waals surface area contributed by atoms with Gasteiger partial charge in [0.05, 0.1) is 6.61 Å². The van der Waals surface area contributed by atoms with Gasteiger partial charge in [-0.2, -0.15) is 0 Å². The molecule has 0 atom stereocenters. The summed E-state index contributed by atoms with van der Waals surface area (Å²) in [7, 11) is 0. The molecule has 0 amide bonds. The normalized spacial score (nSPS) is 11.6. The van der Waals surface area contributed by atoms with Gasteiger partial charge in [-0.15, -0.1) is 4.91 Å². The molecule has 6 heteroatoms. The molecular weight excluding hydrogens is 212 g/mol. The van der Waals surface area contributed by atoms with Crippen LogP contribution in [-0.2, 0) is 9.53 Å². The molecule has 0 spiro atoms. The van der Waals surface area contributed by atoms with Gasteiger partial charge in [-0.3, -0.25) is 4.98 Å². The number of rotatable bonds is 4. The lowest BCUT2D eigenvalue weighted by Crippen LogP contribution is -2.08. The summed E-state index contributed by atoms with van der Waals surface area (Å²) in [6, 6.07) is 2.89. The first-order chi connectivity index (χ1) is 7.70. The molecule has 0 aliphatic heterocycles. The van der Waals surface area contributed by atoms with Crippen molar-refractivity contribution in [3.8, 4) is 0 Å². The highest BCUT2D eigenvalue weighted by atomic mass is 16.5. The lowest BCUT2D eigenvalue weighted by atomic mass is 10.2. The van der Waals surface area contributed by atoms with Gasteiger partial charge >= 0.3 is 5.97 Å². The van der Waals surface area contributed by atoms with Crippen LogP contribution in [0.4, 0.5) is 0 Å². The van der Waals surface area contributed by atoms with Crippen molar-refractivity contribution in [3.63, 3.8) is 0 Å². The summed E-state index contributed by atoms with van der Waals surface area (Å²) >= 11 is 0. The predicted octanol–water partition coefficient (Wildman–Crippen LogP) is 1.64. The zero-order valence-corrected chi connectivity index (χ0v) is 8.58. The summed E-state index contributed by atoms with van der Waals surface area (Å²) in [4.78, 5) is 25.4. The summed E-state index contributed by atoms with van der Waals surface area (Å²) in [6.07, 6.45) is 2.83. The number of aliphatic hydroxyl groups is 1. The van der Waals surface area contributed by atoms with Crippen molar-refractivity contribution in [1.82, 2.24) is 4.98 Å². The van der Waals surface area contributed by atoms with Gasteiger partial charge in [-0.25, -0.2) is 4.79 Å². The molecule has 84 valence electrons. The summed E-state index contributed by atoms with van der Waals surface area (Å²) in [6.45, 7) is 1.69. The summed E-state index contributed by atoms with van der Waals surface area (Å²) in [5.74, 6) is -1.47. The Morgan fingerprint density at radius 3 is 2.62 bits per heavy atom. The van der Waals surface area contributed by atoms with Gasteiger partial charge in [-0.1, -0.05) is 0 Å². The number of carbonyl (C=O) groups excluding carboxylic acids is 1. The van der Waals surface area contributed by atoms with E-state index in [-0.39, 0.29) is 12.2 Å². The van der Waals surface area contributed by atoms with Gasteiger partial charge in [0.15, 0.2) is 5.76 Å². The number of pyridine rings is 1. The van der Waals surface area contributed by atoms with Crippen LogP contribution in [0.25, 0.3) is 5.76 Å². The van der Waals surface area contributed by atoms with Crippen molar-refractivity contribution in [2.45, 2.75) is 6.92 Å². The average Bonchev–Trinajstić information content (AvgIpc) is 2.31. The van der Waals surface area contributed by atoms with Crippen molar-refractivity contribution in [1.29, 1.82) is 0 Å². The zero-order valence-electron chi connectivity index (χ0n) is 8.58. The third kappa shape index (κ3) is 2.63. The fourth-order valence-corrected chi connectivity index (χ4v) is 1.02. The molecule has 0 saturated heterocycles. The molecule has 0 aromatic carbocycles. The molecule has 1 N–H and O–H groups in total. The lowest BCUT2D eigenvalue weighted by Gasteiger charge is -2.03. The molecule has 0 aliphatic carbocycles. The quantitative estimate of drug-likeness (QED) is 0.362. The number of nitrogens with zero attached hydrogens (tertiary/aromatic N) is 2. The van der Waals surface area contributed by atoms with Gasteiger partial charge in [0.2, 0.25) is 5.70 Å². The molecule has 0 saturated carbocycles. The van der Waals surface area contributed by atoms with E-state index in [1.54, 1.807) is 6.92 Å². The Kier molecular flexibility index (Phi) is 4.14. The van der Waals surface area contributed by atoms with Gasteiger partial charge in [0.25, 0.3) is 0 Å². The minimum atomic E-state index is -0.952.